The average Bonchev–Trinajstić information content (AvgIpc) is 3.00. The second kappa shape index (κ2) is 8.25. The summed E-state index contributed by atoms with van der Waals surface area (Å²) in [5.41, 5.74) is 9.32. The number of fused-ring (bicyclic) bond motifs is 3. The summed E-state index contributed by atoms with van der Waals surface area (Å²) in [7, 11) is 0. The third kappa shape index (κ3) is 3.76. The first-order valence-corrected chi connectivity index (χ1v) is 9.37. The molecule has 6 heteroatoms. The van der Waals surface area contributed by atoms with Crippen LogP contribution in [-0.4, -0.2) is 30.4 Å². The maximum absolute atomic E-state index is 13.2. The van der Waals surface area contributed by atoms with Crippen molar-refractivity contribution in [2.45, 2.75) is 32.2 Å². The summed E-state index contributed by atoms with van der Waals surface area (Å²) < 4.78 is 4.94. The second-order valence-corrected chi connectivity index (χ2v) is 6.98. The minimum Gasteiger partial charge on any atom is -0.466 e. The summed E-state index contributed by atoms with van der Waals surface area (Å²) in [5, 5.41) is 2.77. The number of hydrogen-bond acceptors (Lipinski definition) is 4. The number of rotatable bonds is 7. The normalized spacial score (nSPS) is 14.5. The number of nitrogens with one attached hydrogen (secondary N) is 1. The summed E-state index contributed by atoms with van der Waals surface area (Å²) in [6, 6.07) is 14.5. The Morgan fingerprint density at radius 1 is 1.04 bits per heavy atom. The van der Waals surface area contributed by atoms with Crippen molar-refractivity contribution in [3.8, 4) is 11.1 Å². The van der Waals surface area contributed by atoms with Crippen LogP contribution in [0, 0.1) is 5.92 Å². The zero-order valence-electron chi connectivity index (χ0n) is 16.0. The molecule has 1 aliphatic rings. The lowest BCUT2D eigenvalue weighted by molar-refractivity contribution is -0.144. The number of amides is 2. The molecule has 2 aromatic rings. The topological polar surface area (TPSA) is 98.5 Å². The number of primary amides is 1. The second-order valence-electron chi connectivity index (χ2n) is 6.98. The molecule has 0 radical (unpaired) electrons. The first-order chi connectivity index (χ1) is 13.4. The van der Waals surface area contributed by atoms with E-state index in [1.807, 2.05) is 48.5 Å². The van der Waals surface area contributed by atoms with Gasteiger partial charge in [0.25, 0.3) is 0 Å². The van der Waals surface area contributed by atoms with E-state index in [1.54, 1.807) is 13.8 Å². The van der Waals surface area contributed by atoms with Gasteiger partial charge in [-0.2, -0.15) is 0 Å². The number of esters is 1. The van der Waals surface area contributed by atoms with Gasteiger partial charge in [0, 0.05) is 0 Å². The molecular formula is C22H24N2O4. The Hall–Kier alpha value is -3.15. The lowest BCUT2D eigenvalue weighted by atomic mass is 9.93. The number of carbonyl (C=O) groups excluding carboxylic acids is 3. The maximum Gasteiger partial charge on any atom is 0.306 e. The molecule has 0 fully saturated rings. The fourth-order valence-electron chi connectivity index (χ4n) is 3.77. The summed E-state index contributed by atoms with van der Waals surface area (Å²) in [4.78, 5) is 36.9. The molecule has 146 valence electrons. The number of hydrogen-bond donors (Lipinski definition) is 2. The Bertz CT molecular complexity index is 863. The Morgan fingerprint density at radius 2 is 1.57 bits per heavy atom. The van der Waals surface area contributed by atoms with Crippen LogP contribution >= 0.6 is 0 Å². The van der Waals surface area contributed by atoms with E-state index in [0.717, 1.165) is 22.3 Å². The van der Waals surface area contributed by atoms with Crippen molar-refractivity contribution in [2.75, 3.05) is 6.61 Å². The number of ether oxygens (including phenoxy) is 1. The number of carbonyl (C=O) groups is 3. The highest BCUT2D eigenvalue weighted by molar-refractivity contribution is 5.98. The lowest BCUT2D eigenvalue weighted by Crippen LogP contribution is -2.50. The molecule has 0 unspecified atom stereocenters. The monoisotopic (exact) mass is 380 g/mol. The van der Waals surface area contributed by atoms with Gasteiger partial charge in [-0.05, 0) is 35.1 Å². The molecule has 0 bridgehead atoms. The van der Waals surface area contributed by atoms with Crippen molar-refractivity contribution in [3.05, 3.63) is 59.7 Å². The molecule has 0 aromatic heterocycles. The van der Waals surface area contributed by atoms with Gasteiger partial charge in [-0.25, -0.2) is 0 Å². The van der Waals surface area contributed by atoms with Gasteiger partial charge in [0.15, 0.2) is 0 Å². The van der Waals surface area contributed by atoms with Crippen LogP contribution in [0.4, 0.5) is 0 Å². The molecule has 28 heavy (non-hydrogen) atoms. The van der Waals surface area contributed by atoms with E-state index in [1.165, 1.54) is 0 Å². The van der Waals surface area contributed by atoms with Gasteiger partial charge in [-0.1, -0.05) is 55.5 Å². The fraction of sp³-hybridized carbons (Fsp3) is 0.318. The molecule has 0 heterocycles. The minimum absolute atomic E-state index is 0.000429. The highest BCUT2D eigenvalue weighted by Gasteiger charge is 2.36. The van der Waals surface area contributed by atoms with Gasteiger partial charge >= 0.3 is 5.97 Å². The lowest BCUT2D eigenvalue weighted by Gasteiger charge is -2.24. The van der Waals surface area contributed by atoms with Crippen LogP contribution in [0.1, 0.15) is 37.3 Å². The number of benzene rings is 2. The summed E-state index contributed by atoms with van der Waals surface area (Å²) in [6.07, 6.45) is -0.000429. The van der Waals surface area contributed by atoms with Crippen molar-refractivity contribution < 1.29 is 19.1 Å². The van der Waals surface area contributed by atoms with Gasteiger partial charge in [-0.15, -0.1) is 0 Å². The molecule has 2 amide bonds. The standard InChI is InChI=1S/C22H24N2O4/c1-3-28-18(25)12-13(2)20(21(23)26)24-22(27)19-16-10-6-4-8-14(16)15-9-5-7-11-17(15)19/h4-11,13,19-20H,3,12H2,1-2H3,(H2,23,26)(H,24,27)/t13-,20-/m1/s1. The molecule has 2 aromatic carbocycles. The van der Waals surface area contributed by atoms with Crippen LogP contribution in [0.5, 0.6) is 0 Å². The van der Waals surface area contributed by atoms with E-state index < -0.39 is 29.8 Å². The zero-order chi connectivity index (χ0) is 20.3. The predicted octanol–water partition coefficient (Wildman–Crippen LogP) is 2.36. The Morgan fingerprint density at radius 3 is 2.07 bits per heavy atom. The van der Waals surface area contributed by atoms with Crippen molar-refractivity contribution in [3.63, 3.8) is 0 Å². The average molecular weight is 380 g/mol. The van der Waals surface area contributed by atoms with E-state index in [0.29, 0.717) is 0 Å². The zero-order valence-corrected chi connectivity index (χ0v) is 16.0. The van der Waals surface area contributed by atoms with Crippen LogP contribution in [0.3, 0.4) is 0 Å². The van der Waals surface area contributed by atoms with Crippen molar-refractivity contribution in [2.24, 2.45) is 11.7 Å². The predicted molar refractivity (Wildman–Crippen MR) is 105 cm³/mol. The van der Waals surface area contributed by atoms with Crippen molar-refractivity contribution >= 4 is 17.8 Å². The van der Waals surface area contributed by atoms with Crippen LogP contribution in [-0.2, 0) is 19.1 Å². The van der Waals surface area contributed by atoms with Crippen LogP contribution in [0.2, 0.25) is 0 Å². The molecule has 0 aliphatic heterocycles. The molecule has 3 N–H and O–H groups in total. The smallest absolute Gasteiger partial charge is 0.306 e. The molecule has 0 spiro atoms. The molecule has 0 saturated heterocycles. The summed E-state index contributed by atoms with van der Waals surface area (Å²) in [5.74, 6) is -2.41. The van der Waals surface area contributed by atoms with Crippen molar-refractivity contribution in [1.29, 1.82) is 0 Å². The third-order valence-corrected chi connectivity index (χ3v) is 5.06. The molecule has 6 nitrogen and oxygen atoms in total. The van der Waals surface area contributed by atoms with E-state index in [-0.39, 0.29) is 18.9 Å². The highest BCUT2D eigenvalue weighted by Crippen LogP contribution is 2.44. The highest BCUT2D eigenvalue weighted by atomic mass is 16.5. The van der Waals surface area contributed by atoms with Gasteiger partial charge < -0.3 is 15.8 Å². The minimum atomic E-state index is -0.961. The van der Waals surface area contributed by atoms with E-state index in [2.05, 4.69) is 5.32 Å². The summed E-state index contributed by atoms with van der Waals surface area (Å²) in [6.45, 7) is 3.67. The molecule has 1 aliphatic carbocycles. The third-order valence-electron chi connectivity index (χ3n) is 5.06. The van der Waals surface area contributed by atoms with E-state index >= 15 is 0 Å². The van der Waals surface area contributed by atoms with Gasteiger partial charge in [0.1, 0.15) is 6.04 Å². The maximum atomic E-state index is 13.2. The van der Waals surface area contributed by atoms with Crippen molar-refractivity contribution in [1.82, 2.24) is 5.32 Å². The first kappa shape index (κ1) is 19.6. The molecule has 0 saturated carbocycles. The fourth-order valence-corrected chi connectivity index (χ4v) is 3.77. The Kier molecular flexibility index (Phi) is 5.78. The molecule has 3 rings (SSSR count). The van der Waals surface area contributed by atoms with Crippen LogP contribution in [0.25, 0.3) is 11.1 Å². The molecular weight excluding hydrogens is 356 g/mol. The van der Waals surface area contributed by atoms with E-state index in [9.17, 15) is 14.4 Å². The number of nitrogens with two attached hydrogens (primary N) is 1. The Labute approximate surface area is 164 Å². The summed E-state index contributed by atoms with van der Waals surface area (Å²) >= 11 is 0. The first-order valence-electron chi connectivity index (χ1n) is 9.37. The van der Waals surface area contributed by atoms with Gasteiger partial charge in [0.05, 0.1) is 18.9 Å². The van der Waals surface area contributed by atoms with Crippen LogP contribution in [0.15, 0.2) is 48.5 Å². The SMILES string of the molecule is CCOC(=O)C[C@@H](C)[C@@H](NC(=O)C1c2ccccc2-c2ccccc21)C(N)=O. The van der Waals surface area contributed by atoms with Gasteiger partial charge in [-0.3, -0.25) is 14.4 Å². The van der Waals surface area contributed by atoms with E-state index in [4.69, 9.17) is 10.5 Å². The largest absolute Gasteiger partial charge is 0.466 e. The quantitative estimate of drug-likeness (QED) is 0.721. The Balaban J connectivity index is 1.85. The van der Waals surface area contributed by atoms with Gasteiger partial charge in [0.2, 0.25) is 11.8 Å². The van der Waals surface area contributed by atoms with Crippen LogP contribution < -0.4 is 11.1 Å². The molecule has 2 atom stereocenters.